The molecule has 0 heterocycles. The molecule has 1 aliphatic carbocycles. The molecule has 0 radical (unpaired) electrons. The highest BCUT2D eigenvalue weighted by atomic mass is 16.5. The van der Waals surface area contributed by atoms with Gasteiger partial charge in [0, 0.05) is 25.2 Å². The van der Waals surface area contributed by atoms with E-state index in [2.05, 4.69) is 36.3 Å². The molecule has 0 atom stereocenters. The van der Waals surface area contributed by atoms with Crippen LogP contribution in [0.2, 0.25) is 0 Å². The molecule has 2 aromatic carbocycles. The van der Waals surface area contributed by atoms with Crippen LogP contribution in [-0.2, 0) is 17.8 Å². The van der Waals surface area contributed by atoms with Gasteiger partial charge in [0.25, 0.3) is 5.91 Å². The van der Waals surface area contributed by atoms with E-state index in [4.69, 9.17) is 16.2 Å². The van der Waals surface area contributed by atoms with Crippen molar-refractivity contribution in [3.8, 4) is 5.75 Å². The van der Waals surface area contributed by atoms with Crippen LogP contribution < -0.4 is 16.2 Å². The van der Waals surface area contributed by atoms with Crippen molar-refractivity contribution < 1.29 is 9.53 Å². The van der Waals surface area contributed by atoms with Gasteiger partial charge in [0.15, 0.2) is 5.96 Å². The summed E-state index contributed by atoms with van der Waals surface area (Å²) in [6, 6.07) is 18.2. The van der Waals surface area contributed by atoms with Crippen molar-refractivity contribution in [2.24, 2.45) is 28.3 Å². The van der Waals surface area contributed by atoms with Crippen LogP contribution in [0.4, 0.5) is 0 Å². The standard InChI is InChI=1S/C31H40N4O2/c1-3-10-27(4-2)30(36)35(22-25-17-15-24(16-18-25)21-34-31(32)33)20-19-28-13-8-9-14-29(28)37-23-26-11-6-5-7-12-26/h3-14,24-25H,1-2,15-23H2,(H4,32,33,34)/b27-10+. The number of allylic oxidation sites excluding steroid dienone is 2. The van der Waals surface area contributed by atoms with E-state index in [0.29, 0.717) is 50.1 Å². The second kappa shape index (κ2) is 14.7. The Bertz CT molecular complexity index is 1080. The number of amides is 1. The Labute approximate surface area is 221 Å². The zero-order chi connectivity index (χ0) is 26.5. The number of rotatable bonds is 13. The van der Waals surface area contributed by atoms with Crippen LogP contribution in [-0.4, -0.2) is 36.4 Å². The van der Waals surface area contributed by atoms with Crippen LogP contribution in [0.5, 0.6) is 5.75 Å². The summed E-state index contributed by atoms with van der Waals surface area (Å²) in [5.41, 5.74) is 13.8. The first kappa shape index (κ1) is 27.8. The van der Waals surface area contributed by atoms with Gasteiger partial charge in [-0.15, -0.1) is 0 Å². The normalized spacial score (nSPS) is 17.5. The van der Waals surface area contributed by atoms with Crippen molar-refractivity contribution in [1.29, 1.82) is 0 Å². The highest BCUT2D eigenvalue weighted by Crippen LogP contribution is 2.30. The number of para-hydroxylation sites is 1. The molecule has 1 saturated carbocycles. The summed E-state index contributed by atoms with van der Waals surface area (Å²) in [6.07, 6.45) is 9.92. The minimum Gasteiger partial charge on any atom is -0.489 e. The molecule has 37 heavy (non-hydrogen) atoms. The lowest BCUT2D eigenvalue weighted by atomic mass is 9.81. The molecule has 0 aromatic heterocycles. The van der Waals surface area contributed by atoms with Gasteiger partial charge in [-0.3, -0.25) is 9.79 Å². The molecule has 1 aliphatic rings. The van der Waals surface area contributed by atoms with E-state index < -0.39 is 0 Å². The molecule has 196 valence electrons. The Balaban J connectivity index is 1.67. The number of ether oxygens (including phenoxy) is 1. The first-order valence-electron chi connectivity index (χ1n) is 13.0. The summed E-state index contributed by atoms with van der Waals surface area (Å²) < 4.78 is 6.15. The molecule has 6 heteroatoms. The number of aliphatic imine (C=N–C) groups is 1. The lowest BCUT2D eigenvalue weighted by Crippen LogP contribution is -2.38. The maximum atomic E-state index is 13.5. The van der Waals surface area contributed by atoms with Crippen molar-refractivity contribution in [2.75, 3.05) is 19.6 Å². The van der Waals surface area contributed by atoms with Gasteiger partial charge in [-0.25, -0.2) is 0 Å². The van der Waals surface area contributed by atoms with Gasteiger partial charge in [-0.1, -0.05) is 79.9 Å². The molecule has 4 N–H and O–H groups in total. The number of nitrogens with two attached hydrogens (primary N) is 2. The van der Waals surface area contributed by atoms with Gasteiger partial charge < -0.3 is 21.1 Å². The van der Waals surface area contributed by atoms with Crippen LogP contribution in [0, 0.1) is 11.8 Å². The smallest absolute Gasteiger partial charge is 0.253 e. The Morgan fingerprint density at radius 3 is 2.35 bits per heavy atom. The summed E-state index contributed by atoms with van der Waals surface area (Å²) in [5, 5.41) is 0. The molecule has 3 rings (SSSR count). The van der Waals surface area contributed by atoms with Crippen molar-refractivity contribution >= 4 is 11.9 Å². The highest BCUT2D eigenvalue weighted by Gasteiger charge is 2.26. The van der Waals surface area contributed by atoms with Gasteiger partial charge >= 0.3 is 0 Å². The largest absolute Gasteiger partial charge is 0.489 e. The number of carbonyl (C=O) groups is 1. The monoisotopic (exact) mass is 500 g/mol. The summed E-state index contributed by atoms with van der Waals surface area (Å²) >= 11 is 0. The van der Waals surface area contributed by atoms with Crippen molar-refractivity contribution in [2.45, 2.75) is 38.7 Å². The molecular weight excluding hydrogens is 460 g/mol. The molecule has 0 aliphatic heterocycles. The first-order valence-corrected chi connectivity index (χ1v) is 13.0. The summed E-state index contributed by atoms with van der Waals surface area (Å²) in [4.78, 5) is 19.6. The Kier molecular flexibility index (Phi) is 11.0. The second-order valence-electron chi connectivity index (χ2n) is 9.60. The number of hydrogen-bond acceptors (Lipinski definition) is 3. The average molecular weight is 501 g/mol. The highest BCUT2D eigenvalue weighted by molar-refractivity contribution is 5.96. The van der Waals surface area contributed by atoms with Gasteiger partial charge in [-0.05, 0) is 61.1 Å². The van der Waals surface area contributed by atoms with Crippen LogP contribution in [0.1, 0.15) is 36.8 Å². The molecule has 0 unspecified atom stereocenters. The zero-order valence-electron chi connectivity index (χ0n) is 21.7. The zero-order valence-corrected chi connectivity index (χ0v) is 21.7. The number of nitrogens with zero attached hydrogens (tertiary/aromatic N) is 2. The summed E-state index contributed by atoms with van der Waals surface area (Å²) in [6.45, 7) is 10.1. The van der Waals surface area contributed by atoms with Gasteiger partial charge in [0.1, 0.15) is 12.4 Å². The summed E-state index contributed by atoms with van der Waals surface area (Å²) in [7, 11) is 0. The van der Waals surface area contributed by atoms with E-state index in [0.717, 1.165) is 42.6 Å². The molecule has 1 fully saturated rings. The van der Waals surface area contributed by atoms with E-state index in [1.165, 1.54) is 0 Å². The molecule has 6 nitrogen and oxygen atoms in total. The number of hydrogen-bond donors (Lipinski definition) is 2. The van der Waals surface area contributed by atoms with Crippen molar-refractivity contribution in [1.82, 2.24) is 4.90 Å². The topological polar surface area (TPSA) is 93.9 Å². The fraction of sp³-hybridized carbons (Fsp3) is 0.355. The third-order valence-corrected chi connectivity index (χ3v) is 6.89. The van der Waals surface area contributed by atoms with Gasteiger partial charge in [-0.2, -0.15) is 0 Å². The van der Waals surface area contributed by atoms with E-state index in [9.17, 15) is 4.79 Å². The predicted molar refractivity (Wildman–Crippen MR) is 152 cm³/mol. The second-order valence-corrected chi connectivity index (χ2v) is 9.60. The number of carbonyl (C=O) groups excluding carboxylic acids is 1. The maximum absolute atomic E-state index is 13.5. The van der Waals surface area contributed by atoms with Gasteiger partial charge in [0.2, 0.25) is 0 Å². The predicted octanol–water partition coefficient (Wildman–Crippen LogP) is 5.01. The molecular formula is C31H40N4O2. The molecule has 0 spiro atoms. The van der Waals surface area contributed by atoms with E-state index in [1.54, 1.807) is 18.2 Å². The van der Waals surface area contributed by atoms with Crippen molar-refractivity contribution in [3.05, 3.63) is 103 Å². The molecule has 2 aromatic rings. The maximum Gasteiger partial charge on any atom is 0.253 e. The average Bonchev–Trinajstić information content (AvgIpc) is 2.93. The lowest BCUT2D eigenvalue weighted by Gasteiger charge is -2.33. The lowest BCUT2D eigenvalue weighted by molar-refractivity contribution is -0.127. The fourth-order valence-corrected chi connectivity index (χ4v) is 4.80. The third kappa shape index (κ3) is 8.98. The van der Waals surface area contributed by atoms with Crippen LogP contribution in [0.3, 0.4) is 0 Å². The Morgan fingerprint density at radius 1 is 1.00 bits per heavy atom. The quantitative estimate of drug-likeness (QED) is 0.175. The Morgan fingerprint density at radius 2 is 1.68 bits per heavy atom. The summed E-state index contributed by atoms with van der Waals surface area (Å²) in [5.74, 6) is 1.93. The van der Waals surface area contributed by atoms with Crippen LogP contribution in [0.25, 0.3) is 0 Å². The van der Waals surface area contributed by atoms with E-state index >= 15 is 0 Å². The number of guanidine groups is 1. The van der Waals surface area contributed by atoms with E-state index in [-0.39, 0.29) is 11.9 Å². The minimum atomic E-state index is -0.0137. The van der Waals surface area contributed by atoms with Gasteiger partial charge in [0.05, 0.1) is 0 Å². The fourth-order valence-electron chi connectivity index (χ4n) is 4.80. The molecule has 0 saturated heterocycles. The van der Waals surface area contributed by atoms with Crippen LogP contribution >= 0.6 is 0 Å². The van der Waals surface area contributed by atoms with Crippen molar-refractivity contribution in [3.63, 3.8) is 0 Å². The van der Waals surface area contributed by atoms with Crippen LogP contribution in [0.15, 0.2) is 96.5 Å². The van der Waals surface area contributed by atoms with E-state index in [1.807, 2.05) is 41.3 Å². The number of benzene rings is 2. The Hall–Kier alpha value is -3.80. The SMILES string of the molecule is C=C/C=C(\C=C)C(=O)N(CCc1ccccc1OCc1ccccc1)CC1CCC(CN=C(N)N)CC1. The third-order valence-electron chi connectivity index (χ3n) is 6.89. The molecule has 1 amide bonds. The first-order chi connectivity index (χ1) is 18.0. The minimum absolute atomic E-state index is 0.0137. The molecule has 0 bridgehead atoms.